The van der Waals surface area contributed by atoms with E-state index in [-0.39, 0.29) is 30.1 Å². The Morgan fingerprint density at radius 2 is 1.18 bits per heavy atom. The SMILES string of the molecule is CC(CCCC(C)(C)CO)CCC(O)CCCC(C)(C)CO. The van der Waals surface area contributed by atoms with E-state index in [1.165, 1.54) is 6.42 Å². The molecular weight excluding hydrogens is 276 g/mol. The van der Waals surface area contributed by atoms with Crippen molar-refractivity contribution < 1.29 is 15.3 Å². The van der Waals surface area contributed by atoms with Gasteiger partial charge in [-0.2, -0.15) is 0 Å². The van der Waals surface area contributed by atoms with Crippen LogP contribution in [0.4, 0.5) is 0 Å². The van der Waals surface area contributed by atoms with Gasteiger partial charge in [0.05, 0.1) is 6.10 Å². The van der Waals surface area contributed by atoms with Gasteiger partial charge in [-0.3, -0.25) is 0 Å². The van der Waals surface area contributed by atoms with Crippen molar-refractivity contribution in [3.05, 3.63) is 0 Å². The zero-order valence-electron chi connectivity index (χ0n) is 15.6. The highest BCUT2D eigenvalue weighted by Gasteiger charge is 2.18. The molecule has 0 heterocycles. The lowest BCUT2D eigenvalue weighted by Crippen LogP contribution is -2.18. The van der Waals surface area contributed by atoms with E-state index in [4.69, 9.17) is 0 Å². The normalized spacial score (nSPS) is 15.8. The molecule has 0 aromatic rings. The first-order valence-corrected chi connectivity index (χ1v) is 9.02. The Bertz CT molecular complexity index is 246. The average molecular weight is 317 g/mol. The van der Waals surface area contributed by atoms with Gasteiger partial charge < -0.3 is 15.3 Å². The largest absolute Gasteiger partial charge is 0.396 e. The maximum atomic E-state index is 10.1. The third kappa shape index (κ3) is 11.4. The van der Waals surface area contributed by atoms with Crippen LogP contribution in [0.1, 0.15) is 86.0 Å². The van der Waals surface area contributed by atoms with Gasteiger partial charge in [0.1, 0.15) is 0 Å². The van der Waals surface area contributed by atoms with Crippen molar-refractivity contribution in [1.29, 1.82) is 0 Å². The van der Waals surface area contributed by atoms with Gasteiger partial charge in [0, 0.05) is 13.2 Å². The molecule has 2 atom stereocenters. The van der Waals surface area contributed by atoms with E-state index in [2.05, 4.69) is 34.6 Å². The molecule has 3 heteroatoms. The summed E-state index contributed by atoms with van der Waals surface area (Å²) in [5, 5.41) is 28.5. The monoisotopic (exact) mass is 316 g/mol. The third-order valence-corrected chi connectivity index (χ3v) is 4.79. The van der Waals surface area contributed by atoms with E-state index < -0.39 is 0 Å². The summed E-state index contributed by atoms with van der Waals surface area (Å²) in [6.07, 6.45) is 7.92. The number of hydrogen-bond acceptors (Lipinski definition) is 3. The Labute approximate surface area is 138 Å². The first-order valence-electron chi connectivity index (χ1n) is 9.02. The average Bonchev–Trinajstić information content (AvgIpc) is 2.45. The van der Waals surface area contributed by atoms with E-state index in [1.807, 2.05) is 0 Å². The van der Waals surface area contributed by atoms with E-state index >= 15 is 0 Å². The molecule has 0 aliphatic carbocycles. The number of rotatable bonds is 13. The fraction of sp³-hybridized carbons (Fsp3) is 1.00. The molecule has 0 fully saturated rings. The zero-order chi connectivity index (χ0) is 17.2. The van der Waals surface area contributed by atoms with Crippen LogP contribution in [0.25, 0.3) is 0 Å². The molecule has 0 radical (unpaired) electrons. The van der Waals surface area contributed by atoms with Crippen molar-refractivity contribution >= 4 is 0 Å². The lowest BCUT2D eigenvalue weighted by atomic mass is 9.85. The quantitative estimate of drug-likeness (QED) is 0.478. The number of aliphatic hydroxyl groups is 3. The molecule has 3 nitrogen and oxygen atoms in total. The highest BCUT2D eigenvalue weighted by Crippen LogP contribution is 2.26. The van der Waals surface area contributed by atoms with Crippen LogP contribution in [0.2, 0.25) is 0 Å². The Balaban J connectivity index is 3.71. The molecule has 22 heavy (non-hydrogen) atoms. The molecule has 0 aliphatic rings. The maximum Gasteiger partial charge on any atom is 0.0540 e. The number of aliphatic hydroxyl groups excluding tert-OH is 3. The standard InChI is InChI=1S/C19H40O3/c1-16(8-6-12-18(2,3)14-20)10-11-17(22)9-7-13-19(4,5)15-21/h16-17,20-22H,6-15H2,1-5H3. The fourth-order valence-corrected chi connectivity index (χ4v) is 2.67. The molecule has 0 rings (SSSR count). The van der Waals surface area contributed by atoms with E-state index in [0.717, 1.165) is 44.9 Å². The molecule has 0 aromatic heterocycles. The molecule has 0 amide bonds. The Morgan fingerprint density at radius 3 is 1.64 bits per heavy atom. The van der Waals surface area contributed by atoms with Crippen LogP contribution in [-0.4, -0.2) is 34.6 Å². The van der Waals surface area contributed by atoms with Crippen LogP contribution in [0.3, 0.4) is 0 Å². The Hall–Kier alpha value is -0.120. The zero-order valence-corrected chi connectivity index (χ0v) is 15.6. The third-order valence-electron chi connectivity index (χ3n) is 4.79. The Morgan fingerprint density at radius 1 is 0.727 bits per heavy atom. The van der Waals surface area contributed by atoms with Crippen LogP contribution in [0.15, 0.2) is 0 Å². The molecule has 0 aliphatic heterocycles. The first kappa shape index (κ1) is 21.9. The summed E-state index contributed by atoms with van der Waals surface area (Å²) in [4.78, 5) is 0. The predicted molar refractivity (Wildman–Crippen MR) is 93.8 cm³/mol. The van der Waals surface area contributed by atoms with Crippen LogP contribution >= 0.6 is 0 Å². The highest BCUT2D eigenvalue weighted by molar-refractivity contribution is 4.70. The van der Waals surface area contributed by atoms with Crippen molar-refractivity contribution in [3.8, 4) is 0 Å². The van der Waals surface area contributed by atoms with Crippen LogP contribution in [0.5, 0.6) is 0 Å². The van der Waals surface area contributed by atoms with Crippen molar-refractivity contribution in [2.24, 2.45) is 16.7 Å². The second kappa shape index (κ2) is 10.6. The summed E-state index contributed by atoms with van der Waals surface area (Å²) in [6, 6.07) is 0. The summed E-state index contributed by atoms with van der Waals surface area (Å²) >= 11 is 0. The summed E-state index contributed by atoms with van der Waals surface area (Å²) in [7, 11) is 0. The van der Waals surface area contributed by atoms with Crippen molar-refractivity contribution in [2.45, 2.75) is 92.1 Å². The summed E-state index contributed by atoms with van der Waals surface area (Å²) < 4.78 is 0. The molecule has 0 bridgehead atoms. The maximum absolute atomic E-state index is 10.1. The minimum Gasteiger partial charge on any atom is -0.396 e. The summed E-state index contributed by atoms with van der Waals surface area (Å²) in [6.45, 7) is 11.1. The topological polar surface area (TPSA) is 60.7 Å². The van der Waals surface area contributed by atoms with Gasteiger partial charge >= 0.3 is 0 Å². The van der Waals surface area contributed by atoms with E-state index in [1.54, 1.807) is 0 Å². The molecule has 0 saturated heterocycles. The van der Waals surface area contributed by atoms with E-state index in [0.29, 0.717) is 5.92 Å². The molecule has 2 unspecified atom stereocenters. The molecule has 134 valence electrons. The van der Waals surface area contributed by atoms with Gasteiger partial charge in [0.15, 0.2) is 0 Å². The number of hydrogen-bond donors (Lipinski definition) is 3. The molecule has 0 aromatic carbocycles. The van der Waals surface area contributed by atoms with Crippen molar-refractivity contribution in [1.82, 2.24) is 0 Å². The highest BCUT2D eigenvalue weighted by atomic mass is 16.3. The molecular formula is C19H40O3. The van der Waals surface area contributed by atoms with Crippen LogP contribution in [-0.2, 0) is 0 Å². The molecule has 0 spiro atoms. The van der Waals surface area contributed by atoms with Crippen molar-refractivity contribution in [2.75, 3.05) is 13.2 Å². The Kier molecular flexibility index (Phi) is 10.6. The second-order valence-electron chi connectivity index (χ2n) is 8.77. The first-order chi connectivity index (χ1) is 10.1. The predicted octanol–water partition coefficient (Wildman–Crippen LogP) is 4.14. The summed E-state index contributed by atoms with van der Waals surface area (Å²) in [5.41, 5.74) is 0.0191. The molecule has 3 N–H and O–H groups in total. The molecule has 0 saturated carbocycles. The summed E-state index contributed by atoms with van der Waals surface area (Å²) in [5.74, 6) is 0.637. The minimum atomic E-state index is -0.203. The van der Waals surface area contributed by atoms with Gasteiger partial charge in [-0.25, -0.2) is 0 Å². The smallest absolute Gasteiger partial charge is 0.0540 e. The lowest BCUT2D eigenvalue weighted by Gasteiger charge is -2.23. The minimum absolute atomic E-state index is 0.0213. The second-order valence-corrected chi connectivity index (χ2v) is 8.77. The van der Waals surface area contributed by atoms with Crippen LogP contribution < -0.4 is 0 Å². The van der Waals surface area contributed by atoms with Gasteiger partial charge in [0.2, 0.25) is 0 Å². The van der Waals surface area contributed by atoms with Gasteiger partial charge in [-0.05, 0) is 48.9 Å². The van der Waals surface area contributed by atoms with Gasteiger partial charge in [0.25, 0.3) is 0 Å². The van der Waals surface area contributed by atoms with E-state index in [9.17, 15) is 15.3 Å². The van der Waals surface area contributed by atoms with Gasteiger partial charge in [-0.15, -0.1) is 0 Å². The fourth-order valence-electron chi connectivity index (χ4n) is 2.67. The lowest BCUT2D eigenvalue weighted by molar-refractivity contribution is 0.117. The van der Waals surface area contributed by atoms with Crippen LogP contribution in [0, 0.1) is 16.7 Å². The van der Waals surface area contributed by atoms with Gasteiger partial charge in [-0.1, -0.05) is 53.9 Å². The van der Waals surface area contributed by atoms with Crippen molar-refractivity contribution in [3.63, 3.8) is 0 Å².